The van der Waals surface area contributed by atoms with Crippen molar-refractivity contribution in [3.63, 3.8) is 0 Å². The molecule has 1 aliphatic carbocycles. The highest BCUT2D eigenvalue weighted by atomic mass is 16.3. The van der Waals surface area contributed by atoms with Gasteiger partial charge in [-0.25, -0.2) is 0 Å². The van der Waals surface area contributed by atoms with E-state index in [1.807, 2.05) is 24.3 Å². The molecule has 3 heterocycles. The molecule has 5 heteroatoms. The van der Waals surface area contributed by atoms with Gasteiger partial charge in [0.1, 0.15) is 0 Å². The minimum Gasteiger partial charge on any atom is -0.392 e. The maximum Gasteiger partial charge on any atom is 0.253 e. The second kappa shape index (κ2) is 8.93. The summed E-state index contributed by atoms with van der Waals surface area (Å²) in [4.78, 5) is 30.7. The van der Waals surface area contributed by atoms with E-state index in [0.29, 0.717) is 41.8 Å². The Balaban J connectivity index is 1.37. The molecule has 4 atom stereocenters. The Kier molecular flexibility index (Phi) is 6.05. The van der Waals surface area contributed by atoms with Crippen LogP contribution in [0.3, 0.4) is 0 Å². The van der Waals surface area contributed by atoms with Crippen molar-refractivity contribution in [3.8, 4) is 0 Å². The third kappa shape index (κ3) is 4.13. The molecule has 1 aromatic carbocycles. The molecule has 1 aromatic rings. The molecule has 1 N–H and O–H groups in total. The molecule has 3 saturated heterocycles. The molecular weight excluding hydrogens is 388 g/mol. The molecule has 4 fully saturated rings. The highest BCUT2D eigenvalue weighted by molar-refractivity contribution is 5.94. The van der Waals surface area contributed by atoms with Crippen molar-refractivity contribution in [2.45, 2.75) is 82.9 Å². The highest BCUT2D eigenvalue weighted by Gasteiger charge is 2.50. The lowest BCUT2D eigenvalue weighted by atomic mass is 9.69. The molecular formula is C26H36N2O3. The van der Waals surface area contributed by atoms with Crippen LogP contribution in [0, 0.1) is 17.8 Å². The number of likely N-dealkylation sites (tertiary alicyclic amines) is 1. The molecule has 2 amide bonds. The molecule has 0 spiro atoms. The standard InChI is InChI=1S/C26H36N2O3/c29-17-19-9-11-20(12-10-19)26(31)27-15-21-14-22(16-27)24(13-18-5-2-1-3-6-18)28-23(21)7-4-8-25(28)30/h9-12,18,21-24,29H,1-8,13-17H2/t21-,22+,23+,24+/m1/s1. The zero-order valence-corrected chi connectivity index (χ0v) is 18.5. The number of piperidine rings is 3. The zero-order valence-electron chi connectivity index (χ0n) is 18.5. The van der Waals surface area contributed by atoms with Crippen LogP contribution in [0.25, 0.3) is 0 Å². The van der Waals surface area contributed by atoms with Crippen LogP contribution < -0.4 is 0 Å². The van der Waals surface area contributed by atoms with Gasteiger partial charge >= 0.3 is 0 Å². The molecule has 168 valence electrons. The Morgan fingerprint density at radius 1 is 0.968 bits per heavy atom. The lowest BCUT2D eigenvalue weighted by Crippen LogP contribution is -2.65. The fraction of sp³-hybridized carbons (Fsp3) is 0.692. The Morgan fingerprint density at radius 2 is 1.71 bits per heavy atom. The van der Waals surface area contributed by atoms with Crippen molar-refractivity contribution >= 4 is 11.8 Å². The summed E-state index contributed by atoms with van der Waals surface area (Å²) in [5.74, 6) is 2.02. The van der Waals surface area contributed by atoms with E-state index in [2.05, 4.69) is 9.80 Å². The average Bonchev–Trinajstić information content (AvgIpc) is 2.82. The first kappa shape index (κ1) is 21.0. The van der Waals surface area contributed by atoms with E-state index in [1.54, 1.807) is 0 Å². The third-order valence-corrected chi connectivity index (χ3v) is 8.47. The molecule has 5 nitrogen and oxygen atoms in total. The number of hydrogen-bond acceptors (Lipinski definition) is 3. The summed E-state index contributed by atoms with van der Waals surface area (Å²) in [6.45, 7) is 1.53. The summed E-state index contributed by atoms with van der Waals surface area (Å²) in [6, 6.07) is 7.99. The summed E-state index contributed by atoms with van der Waals surface area (Å²) in [5, 5.41) is 9.29. The molecule has 5 rings (SSSR count). The number of hydrogen-bond donors (Lipinski definition) is 1. The van der Waals surface area contributed by atoms with Gasteiger partial charge in [0.15, 0.2) is 0 Å². The van der Waals surface area contributed by atoms with Gasteiger partial charge in [0.2, 0.25) is 5.91 Å². The number of carbonyl (C=O) groups is 2. The quantitative estimate of drug-likeness (QED) is 0.795. The van der Waals surface area contributed by atoms with Crippen LogP contribution in [0.5, 0.6) is 0 Å². The van der Waals surface area contributed by atoms with Crippen molar-refractivity contribution < 1.29 is 14.7 Å². The maximum atomic E-state index is 13.3. The molecule has 2 bridgehead atoms. The van der Waals surface area contributed by atoms with Crippen molar-refractivity contribution in [1.82, 2.24) is 9.80 Å². The summed E-state index contributed by atoms with van der Waals surface area (Å²) in [6.07, 6.45) is 11.7. The number of fused-ring (bicyclic) bond motifs is 4. The van der Waals surface area contributed by atoms with E-state index < -0.39 is 0 Å². The summed E-state index contributed by atoms with van der Waals surface area (Å²) in [5.41, 5.74) is 1.54. The molecule has 1 saturated carbocycles. The largest absolute Gasteiger partial charge is 0.392 e. The van der Waals surface area contributed by atoms with Gasteiger partial charge in [-0.3, -0.25) is 9.59 Å². The molecule has 4 aliphatic rings. The van der Waals surface area contributed by atoms with E-state index in [1.165, 1.54) is 38.5 Å². The fourth-order valence-electron chi connectivity index (χ4n) is 6.94. The topological polar surface area (TPSA) is 60.9 Å². The van der Waals surface area contributed by atoms with Gasteiger partial charge in [0.25, 0.3) is 5.91 Å². The number of nitrogens with zero attached hydrogens (tertiary/aromatic N) is 2. The van der Waals surface area contributed by atoms with Gasteiger partial charge in [0, 0.05) is 37.2 Å². The van der Waals surface area contributed by atoms with Crippen molar-refractivity contribution in [2.75, 3.05) is 13.1 Å². The summed E-state index contributed by atoms with van der Waals surface area (Å²) in [7, 11) is 0. The van der Waals surface area contributed by atoms with Crippen molar-refractivity contribution in [3.05, 3.63) is 35.4 Å². The van der Waals surface area contributed by atoms with Crippen LogP contribution in [0.4, 0.5) is 0 Å². The van der Waals surface area contributed by atoms with E-state index in [9.17, 15) is 14.7 Å². The van der Waals surface area contributed by atoms with E-state index in [0.717, 1.165) is 43.8 Å². The third-order valence-electron chi connectivity index (χ3n) is 8.47. The minimum atomic E-state index is -0.00325. The Labute approximate surface area is 185 Å². The smallest absolute Gasteiger partial charge is 0.253 e. The van der Waals surface area contributed by atoms with Crippen LogP contribution in [-0.4, -0.2) is 51.9 Å². The molecule has 31 heavy (non-hydrogen) atoms. The first-order valence-electron chi connectivity index (χ1n) is 12.4. The molecule has 3 aliphatic heterocycles. The van der Waals surface area contributed by atoms with Crippen LogP contribution in [0.15, 0.2) is 24.3 Å². The average molecular weight is 425 g/mol. The van der Waals surface area contributed by atoms with E-state index in [4.69, 9.17) is 0 Å². The van der Waals surface area contributed by atoms with Gasteiger partial charge < -0.3 is 14.9 Å². The Morgan fingerprint density at radius 3 is 2.45 bits per heavy atom. The molecule has 0 radical (unpaired) electrons. The highest BCUT2D eigenvalue weighted by Crippen LogP contribution is 2.44. The van der Waals surface area contributed by atoms with Crippen molar-refractivity contribution in [2.24, 2.45) is 17.8 Å². The predicted molar refractivity (Wildman–Crippen MR) is 119 cm³/mol. The van der Waals surface area contributed by atoms with Crippen molar-refractivity contribution in [1.29, 1.82) is 0 Å². The molecule has 0 unspecified atom stereocenters. The second-order valence-electron chi connectivity index (χ2n) is 10.4. The Bertz CT molecular complexity index is 801. The maximum absolute atomic E-state index is 13.3. The number of aliphatic hydroxyl groups is 1. The van der Waals surface area contributed by atoms with Crippen LogP contribution >= 0.6 is 0 Å². The number of rotatable bonds is 4. The molecule has 0 aromatic heterocycles. The number of aliphatic hydroxyl groups excluding tert-OH is 1. The Hall–Kier alpha value is -1.88. The zero-order chi connectivity index (χ0) is 21.4. The van der Waals surface area contributed by atoms with E-state index >= 15 is 0 Å². The number of benzene rings is 1. The van der Waals surface area contributed by atoms with Gasteiger partial charge in [-0.1, -0.05) is 44.2 Å². The number of carbonyl (C=O) groups excluding carboxylic acids is 2. The predicted octanol–water partition coefficient (Wildman–Crippen LogP) is 3.99. The van der Waals surface area contributed by atoms with Gasteiger partial charge in [-0.05, 0) is 61.1 Å². The first-order valence-corrected chi connectivity index (χ1v) is 12.4. The van der Waals surface area contributed by atoms with Crippen LogP contribution in [0.2, 0.25) is 0 Å². The normalized spacial score (nSPS) is 31.5. The van der Waals surface area contributed by atoms with E-state index in [-0.39, 0.29) is 12.5 Å². The van der Waals surface area contributed by atoms with Gasteiger partial charge in [-0.15, -0.1) is 0 Å². The first-order chi connectivity index (χ1) is 15.1. The summed E-state index contributed by atoms with van der Waals surface area (Å²) < 4.78 is 0. The lowest BCUT2D eigenvalue weighted by molar-refractivity contribution is -0.153. The van der Waals surface area contributed by atoms with Gasteiger partial charge in [0.05, 0.1) is 6.61 Å². The monoisotopic (exact) mass is 424 g/mol. The minimum absolute atomic E-state index is 0.00325. The summed E-state index contributed by atoms with van der Waals surface area (Å²) >= 11 is 0. The van der Waals surface area contributed by atoms with Crippen LogP contribution in [-0.2, 0) is 11.4 Å². The number of amides is 2. The fourth-order valence-corrected chi connectivity index (χ4v) is 6.94. The lowest BCUT2D eigenvalue weighted by Gasteiger charge is -2.57. The second-order valence-corrected chi connectivity index (χ2v) is 10.4. The van der Waals surface area contributed by atoms with Crippen LogP contribution in [0.1, 0.15) is 80.1 Å². The van der Waals surface area contributed by atoms with Gasteiger partial charge in [-0.2, -0.15) is 0 Å². The SMILES string of the molecule is O=C(c1ccc(CO)cc1)N1C[C@H]2C[C@@H](C1)[C@H](CC1CCCCC1)N1C(=O)CCC[C@@H]21.